The summed E-state index contributed by atoms with van der Waals surface area (Å²) in [6, 6.07) is 4.01. The first-order valence-electron chi connectivity index (χ1n) is 3.85. The Kier molecular flexibility index (Phi) is 2.91. The van der Waals surface area contributed by atoms with Crippen LogP contribution in [0, 0.1) is 0 Å². The third-order valence-electron chi connectivity index (χ3n) is 1.81. The molecule has 0 aliphatic heterocycles. The SMILES string of the molecule is CCc1c(S)cccc1C(F)(F)F. The molecule has 0 aliphatic rings. The van der Waals surface area contributed by atoms with E-state index < -0.39 is 11.7 Å². The standard InChI is InChI=1S/C9H9F3S/c1-2-6-7(9(10,11)12)4-3-5-8(6)13/h3-5,13H,2H2,1H3. The lowest BCUT2D eigenvalue weighted by Crippen LogP contribution is -2.09. The van der Waals surface area contributed by atoms with E-state index in [1.54, 1.807) is 13.0 Å². The van der Waals surface area contributed by atoms with E-state index in [-0.39, 0.29) is 5.56 Å². The van der Waals surface area contributed by atoms with E-state index >= 15 is 0 Å². The lowest BCUT2D eigenvalue weighted by atomic mass is 10.1. The molecule has 72 valence electrons. The molecule has 13 heavy (non-hydrogen) atoms. The Morgan fingerprint density at radius 3 is 2.31 bits per heavy atom. The van der Waals surface area contributed by atoms with Crippen molar-refractivity contribution in [3.63, 3.8) is 0 Å². The summed E-state index contributed by atoms with van der Waals surface area (Å²) >= 11 is 3.98. The summed E-state index contributed by atoms with van der Waals surface area (Å²) in [5, 5.41) is 0. The van der Waals surface area contributed by atoms with Crippen LogP contribution in [0.25, 0.3) is 0 Å². The van der Waals surface area contributed by atoms with E-state index in [2.05, 4.69) is 12.6 Å². The van der Waals surface area contributed by atoms with Crippen LogP contribution in [0.1, 0.15) is 18.1 Å². The van der Waals surface area contributed by atoms with E-state index in [1.165, 1.54) is 6.07 Å². The summed E-state index contributed by atoms with van der Waals surface area (Å²) in [5.74, 6) is 0. The highest BCUT2D eigenvalue weighted by atomic mass is 32.1. The first-order valence-corrected chi connectivity index (χ1v) is 4.29. The first kappa shape index (κ1) is 10.4. The van der Waals surface area contributed by atoms with E-state index in [4.69, 9.17) is 0 Å². The minimum atomic E-state index is -4.27. The molecule has 0 amide bonds. The van der Waals surface area contributed by atoms with Crippen LogP contribution < -0.4 is 0 Å². The largest absolute Gasteiger partial charge is 0.416 e. The number of halogens is 3. The van der Waals surface area contributed by atoms with Crippen molar-refractivity contribution < 1.29 is 13.2 Å². The van der Waals surface area contributed by atoms with Gasteiger partial charge in [0.15, 0.2) is 0 Å². The Bertz CT molecular complexity index is 304. The van der Waals surface area contributed by atoms with Crippen LogP contribution in [-0.2, 0) is 12.6 Å². The lowest BCUT2D eigenvalue weighted by molar-refractivity contribution is -0.138. The van der Waals surface area contributed by atoms with Crippen LogP contribution in [0.15, 0.2) is 23.1 Å². The first-order chi connectivity index (χ1) is 5.96. The average molecular weight is 206 g/mol. The maximum atomic E-state index is 12.4. The van der Waals surface area contributed by atoms with Gasteiger partial charge in [0.25, 0.3) is 0 Å². The van der Waals surface area contributed by atoms with Gasteiger partial charge in [-0.15, -0.1) is 12.6 Å². The Morgan fingerprint density at radius 1 is 1.31 bits per heavy atom. The molecule has 1 aromatic carbocycles. The maximum Gasteiger partial charge on any atom is 0.416 e. The van der Waals surface area contributed by atoms with Crippen molar-refractivity contribution in [2.75, 3.05) is 0 Å². The topological polar surface area (TPSA) is 0 Å². The molecule has 0 nitrogen and oxygen atoms in total. The Balaban J connectivity index is 3.29. The zero-order valence-electron chi connectivity index (χ0n) is 7.02. The molecule has 0 spiro atoms. The molecule has 0 aromatic heterocycles. The van der Waals surface area contributed by atoms with E-state index in [9.17, 15) is 13.2 Å². The number of alkyl halides is 3. The minimum Gasteiger partial charge on any atom is -0.166 e. The number of hydrogen-bond acceptors (Lipinski definition) is 1. The van der Waals surface area contributed by atoms with E-state index in [1.807, 2.05) is 0 Å². The molecule has 1 rings (SSSR count). The lowest BCUT2D eigenvalue weighted by Gasteiger charge is -2.12. The maximum absolute atomic E-state index is 12.4. The van der Waals surface area contributed by atoms with Crippen molar-refractivity contribution in [1.82, 2.24) is 0 Å². The van der Waals surface area contributed by atoms with Gasteiger partial charge in [0, 0.05) is 4.90 Å². The molecule has 4 heteroatoms. The van der Waals surface area contributed by atoms with E-state index in [0.29, 0.717) is 11.3 Å². The normalized spacial score (nSPS) is 11.8. The Hall–Kier alpha value is -0.640. The van der Waals surface area contributed by atoms with Crippen LogP contribution in [0.5, 0.6) is 0 Å². The van der Waals surface area contributed by atoms with Crippen molar-refractivity contribution in [3.05, 3.63) is 29.3 Å². The van der Waals surface area contributed by atoms with Crippen molar-refractivity contribution in [2.24, 2.45) is 0 Å². The quantitative estimate of drug-likeness (QED) is 0.667. The van der Waals surface area contributed by atoms with Crippen molar-refractivity contribution in [1.29, 1.82) is 0 Å². The third-order valence-corrected chi connectivity index (χ3v) is 2.23. The van der Waals surface area contributed by atoms with Crippen molar-refractivity contribution in [3.8, 4) is 0 Å². The minimum absolute atomic E-state index is 0.262. The fraction of sp³-hybridized carbons (Fsp3) is 0.333. The average Bonchev–Trinajstić information content (AvgIpc) is 2.02. The van der Waals surface area contributed by atoms with Crippen LogP contribution >= 0.6 is 12.6 Å². The molecule has 0 saturated heterocycles. The highest BCUT2D eigenvalue weighted by Crippen LogP contribution is 2.34. The summed E-state index contributed by atoms with van der Waals surface area (Å²) in [6.07, 6.45) is -3.93. The molecule has 0 heterocycles. The van der Waals surface area contributed by atoms with Gasteiger partial charge in [-0.3, -0.25) is 0 Å². The fourth-order valence-corrected chi connectivity index (χ4v) is 1.58. The summed E-state index contributed by atoms with van der Waals surface area (Å²) in [5.41, 5.74) is -0.319. The molecular formula is C9H9F3S. The van der Waals surface area contributed by atoms with Gasteiger partial charge < -0.3 is 0 Å². The molecule has 0 N–H and O–H groups in total. The second-order valence-corrected chi connectivity index (χ2v) is 3.14. The van der Waals surface area contributed by atoms with Gasteiger partial charge in [-0.1, -0.05) is 13.0 Å². The molecule has 0 saturated carbocycles. The zero-order valence-corrected chi connectivity index (χ0v) is 7.91. The Labute approximate surface area is 80.2 Å². The second-order valence-electron chi connectivity index (χ2n) is 2.65. The predicted molar refractivity (Wildman–Crippen MR) is 48.1 cm³/mol. The number of benzene rings is 1. The summed E-state index contributed by atoms with van der Waals surface area (Å²) < 4.78 is 37.1. The van der Waals surface area contributed by atoms with Gasteiger partial charge >= 0.3 is 6.18 Å². The van der Waals surface area contributed by atoms with Gasteiger partial charge in [-0.25, -0.2) is 0 Å². The summed E-state index contributed by atoms with van der Waals surface area (Å²) in [4.78, 5) is 0.400. The molecule has 1 aromatic rings. The van der Waals surface area contributed by atoms with E-state index in [0.717, 1.165) is 6.07 Å². The molecule has 0 bridgehead atoms. The smallest absolute Gasteiger partial charge is 0.166 e. The van der Waals surface area contributed by atoms with Gasteiger partial charge in [0.2, 0.25) is 0 Å². The highest BCUT2D eigenvalue weighted by molar-refractivity contribution is 7.80. The van der Waals surface area contributed by atoms with Gasteiger partial charge in [-0.05, 0) is 24.1 Å². The van der Waals surface area contributed by atoms with Crippen LogP contribution in [0.3, 0.4) is 0 Å². The third kappa shape index (κ3) is 2.18. The fourth-order valence-electron chi connectivity index (χ4n) is 1.21. The van der Waals surface area contributed by atoms with Gasteiger partial charge in [0.05, 0.1) is 5.56 Å². The molecule has 0 radical (unpaired) electrons. The number of rotatable bonds is 1. The predicted octanol–water partition coefficient (Wildman–Crippen LogP) is 3.56. The Morgan fingerprint density at radius 2 is 1.92 bits per heavy atom. The summed E-state index contributed by atoms with van der Waals surface area (Å²) in [7, 11) is 0. The van der Waals surface area contributed by atoms with Crippen LogP contribution in [0.2, 0.25) is 0 Å². The molecule has 0 fully saturated rings. The molecule has 0 unspecified atom stereocenters. The number of hydrogen-bond donors (Lipinski definition) is 1. The van der Waals surface area contributed by atoms with Crippen molar-refractivity contribution >= 4 is 12.6 Å². The van der Waals surface area contributed by atoms with Gasteiger partial charge in [0.1, 0.15) is 0 Å². The zero-order chi connectivity index (χ0) is 10.1. The second kappa shape index (κ2) is 3.62. The highest BCUT2D eigenvalue weighted by Gasteiger charge is 2.33. The van der Waals surface area contributed by atoms with Crippen LogP contribution in [0.4, 0.5) is 13.2 Å². The summed E-state index contributed by atoms with van der Waals surface area (Å²) in [6.45, 7) is 1.68. The molecular weight excluding hydrogens is 197 g/mol. The van der Waals surface area contributed by atoms with Crippen LogP contribution in [-0.4, -0.2) is 0 Å². The van der Waals surface area contributed by atoms with Gasteiger partial charge in [-0.2, -0.15) is 13.2 Å². The molecule has 0 aliphatic carbocycles. The number of thiol groups is 1. The monoisotopic (exact) mass is 206 g/mol. The van der Waals surface area contributed by atoms with Crippen molar-refractivity contribution in [2.45, 2.75) is 24.4 Å². The molecule has 0 atom stereocenters.